The molecule has 0 spiro atoms. The molecule has 1 aliphatic rings. The standard InChI is InChI=1S/C22H17F3IN5/c23-22(24,25)16-10-4-1-7-13(16)19-27-17-11-5-2-8-14(17)20(28-19)29-21-15-9-3-6-12-18(15)31(26)30-21/h1,3-4,6-7,9-10,12H,2,5,8,11H2,(H,27,28,29,30). The molecular weight excluding hydrogens is 518 g/mol. The molecule has 0 radical (unpaired) electrons. The van der Waals surface area contributed by atoms with Crippen LogP contribution in [0.4, 0.5) is 24.8 Å². The second-order valence-corrected chi connectivity index (χ2v) is 8.34. The summed E-state index contributed by atoms with van der Waals surface area (Å²) in [5.74, 6) is 1.22. The number of aromatic nitrogens is 4. The van der Waals surface area contributed by atoms with Crippen molar-refractivity contribution in [3.63, 3.8) is 0 Å². The summed E-state index contributed by atoms with van der Waals surface area (Å²) in [7, 11) is 0. The van der Waals surface area contributed by atoms with Gasteiger partial charge in [0, 0.05) is 22.2 Å². The molecule has 1 N–H and O–H groups in total. The zero-order valence-corrected chi connectivity index (χ0v) is 18.4. The highest BCUT2D eigenvalue weighted by molar-refractivity contribution is 14.1. The first-order chi connectivity index (χ1) is 14.9. The Hall–Kier alpha value is -2.69. The van der Waals surface area contributed by atoms with Crippen molar-refractivity contribution in [2.24, 2.45) is 0 Å². The molecule has 0 fully saturated rings. The van der Waals surface area contributed by atoms with Gasteiger partial charge in [0.2, 0.25) is 0 Å². The van der Waals surface area contributed by atoms with E-state index in [9.17, 15) is 13.2 Å². The number of hydrogen-bond acceptors (Lipinski definition) is 4. The third kappa shape index (κ3) is 3.75. The van der Waals surface area contributed by atoms with E-state index in [4.69, 9.17) is 0 Å². The van der Waals surface area contributed by atoms with Crippen molar-refractivity contribution in [3.05, 3.63) is 65.4 Å². The molecule has 31 heavy (non-hydrogen) atoms. The molecule has 0 atom stereocenters. The number of hydrogen-bond donors (Lipinski definition) is 1. The lowest BCUT2D eigenvalue weighted by atomic mass is 9.95. The fourth-order valence-corrected chi connectivity index (χ4v) is 4.61. The Balaban J connectivity index is 1.67. The van der Waals surface area contributed by atoms with Gasteiger partial charge in [0.05, 0.1) is 33.9 Å². The molecule has 9 heteroatoms. The maximum absolute atomic E-state index is 13.6. The first-order valence-electron chi connectivity index (χ1n) is 9.89. The predicted molar refractivity (Wildman–Crippen MR) is 122 cm³/mol. The van der Waals surface area contributed by atoms with Gasteiger partial charge in [0.25, 0.3) is 0 Å². The first-order valence-corrected chi connectivity index (χ1v) is 10.9. The van der Waals surface area contributed by atoms with Gasteiger partial charge in [-0.05, 0) is 43.9 Å². The van der Waals surface area contributed by atoms with Crippen LogP contribution in [0.5, 0.6) is 0 Å². The third-order valence-electron chi connectivity index (χ3n) is 5.44. The third-order valence-corrected chi connectivity index (χ3v) is 6.17. The molecule has 4 aromatic rings. The number of fused-ring (bicyclic) bond motifs is 2. The number of halogens is 4. The fraction of sp³-hybridized carbons (Fsp3) is 0.227. The lowest BCUT2D eigenvalue weighted by Gasteiger charge is -2.20. The zero-order chi connectivity index (χ0) is 21.6. The van der Waals surface area contributed by atoms with E-state index < -0.39 is 11.7 Å². The molecule has 0 unspecified atom stereocenters. The van der Waals surface area contributed by atoms with E-state index in [0.29, 0.717) is 11.6 Å². The number of nitrogens with one attached hydrogen (secondary N) is 1. The molecule has 2 aromatic carbocycles. The molecule has 2 aromatic heterocycles. The summed E-state index contributed by atoms with van der Waals surface area (Å²) < 4.78 is 42.6. The van der Waals surface area contributed by atoms with Crippen LogP contribution in [-0.2, 0) is 19.0 Å². The van der Waals surface area contributed by atoms with E-state index in [0.717, 1.165) is 53.9 Å². The van der Waals surface area contributed by atoms with Crippen molar-refractivity contribution in [2.45, 2.75) is 31.9 Å². The van der Waals surface area contributed by atoms with Crippen LogP contribution < -0.4 is 5.32 Å². The maximum Gasteiger partial charge on any atom is 0.417 e. The highest BCUT2D eigenvalue weighted by Gasteiger charge is 2.34. The van der Waals surface area contributed by atoms with Crippen LogP contribution in [0.1, 0.15) is 29.7 Å². The Labute approximate surface area is 190 Å². The zero-order valence-electron chi connectivity index (χ0n) is 16.2. The fourth-order valence-electron chi connectivity index (χ4n) is 3.98. The Bertz CT molecular complexity index is 1280. The van der Waals surface area contributed by atoms with Gasteiger partial charge >= 0.3 is 6.18 Å². The van der Waals surface area contributed by atoms with E-state index in [1.807, 2.05) is 24.3 Å². The molecule has 0 bridgehead atoms. The summed E-state index contributed by atoms with van der Waals surface area (Å²) in [4.78, 5) is 9.12. The minimum Gasteiger partial charge on any atom is -0.323 e. The van der Waals surface area contributed by atoms with Crippen molar-refractivity contribution in [3.8, 4) is 11.4 Å². The highest BCUT2D eigenvalue weighted by Crippen LogP contribution is 2.38. The quantitative estimate of drug-likeness (QED) is 0.312. The minimum atomic E-state index is -4.49. The SMILES string of the molecule is FC(F)(F)c1ccccc1-c1nc2c(c(Nc3nn(I)c4ccccc34)n1)CCCC2. The van der Waals surface area contributed by atoms with Gasteiger partial charge in [0.1, 0.15) is 5.82 Å². The Kier molecular flexibility index (Phi) is 5.07. The Morgan fingerprint density at radius 2 is 1.65 bits per heavy atom. The highest BCUT2D eigenvalue weighted by atomic mass is 127. The Morgan fingerprint density at radius 3 is 2.48 bits per heavy atom. The van der Waals surface area contributed by atoms with E-state index in [-0.39, 0.29) is 11.4 Å². The van der Waals surface area contributed by atoms with Crippen molar-refractivity contribution in [2.75, 3.05) is 5.32 Å². The van der Waals surface area contributed by atoms with Crippen molar-refractivity contribution >= 4 is 45.4 Å². The number of anilines is 2. The number of alkyl halides is 3. The molecular formula is C22H17F3IN5. The summed E-state index contributed by atoms with van der Waals surface area (Å²) in [5, 5.41) is 8.75. The van der Waals surface area contributed by atoms with Gasteiger partial charge in [-0.15, -0.1) is 5.10 Å². The number of benzene rings is 2. The summed E-state index contributed by atoms with van der Waals surface area (Å²) >= 11 is 2.10. The monoisotopic (exact) mass is 535 g/mol. The van der Waals surface area contributed by atoms with Crippen LogP contribution in [0.3, 0.4) is 0 Å². The van der Waals surface area contributed by atoms with Crippen LogP contribution in [-0.4, -0.2) is 18.0 Å². The van der Waals surface area contributed by atoms with Crippen LogP contribution in [0, 0.1) is 0 Å². The van der Waals surface area contributed by atoms with Crippen LogP contribution in [0.25, 0.3) is 22.3 Å². The number of aryl methyl sites for hydroxylation is 1. The average Bonchev–Trinajstić information content (AvgIpc) is 3.08. The molecule has 158 valence electrons. The van der Waals surface area contributed by atoms with Crippen molar-refractivity contribution < 1.29 is 13.2 Å². The molecule has 2 heterocycles. The second kappa shape index (κ2) is 7.77. The van der Waals surface area contributed by atoms with Gasteiger partial charge in [-0.3, -0.25) is 0 Å². The number of rotatable bonds is 3. The van der Waals surface area contributed by atoms with Crippen molar-refractivity contribution in [1.82, 2.24) is 18.0 Å². The molecule has 0 saturated heterocycles. The molecule has 5 rings (SSSR count). The van der Waals surface area contributed by atoms with Crippen LogP contribution in [0.2, 0.25) is 0 Å². The number of nitrogens with zero attached hydrogens (tertiary/aromatic N) is 4. The maximum atomic E-state index is 13.6. The first kappa shape index (κ1) is 20.2. The second-order valence-electron chi connectivity index (χ2n) is 7.42. The van der Waals surface area contributed by atoms with Gasteiger partial charge < -0.3 is 5.32 Å². The molecule has 5 nitrogen and oxygen atoms in total. The Morgan fingerprint density at radius 1 is 0.903 bits per heavy atom. The molecule has 0 amide bonds. The predicted octanol–water partition coefficient (Wildman–Crippen LogP) is 6.33. The lowest BCUT2D eigenvalue weighted by Crippen LogP contribution is -2.14. The lowest BCUT2D eigenvalue weighted by molar-refractivity contribution is -0.137. The molecule has 0 aliphatic heterocycles. The average molecular weight is 535 g/mol. The topological polar surface area (TPSA) is 55.6 Å². The largest absolute Gasteiger partial charge is 0.417 e. The van der Waals surface area contributed by atoms with Crippen molar-refractivity contribution in [1.29, 1.82) is 0 Å². The van der Waals surface area contributed by atoms with Crippen LogP contribution >= 0.6 is 22.9 Å². The van der Waals surface area contributed by atoms with Gasteiger partial charge in [-0.25, -0.2) is 12.9 Å². The van der Waals surface area contributed by atoms with E-state index in [1.165, 1.54) is 12.1 Å². The van der Waals surface area contributed by atoms with E-state index in [2.05, 4.69) is 43.2 Å². The van der Waals surface area contributed by atoms with Gasteiger partial charge in [0.15, 0.2) is 11.6 Å². The number of para-hydroxylation sites is 1. The van der Waals surface area contributed by atoms with Gasteiger partial charge in [-0.2, -0.15) is 13.2 Å². The summed E-state index contributed by atoms with van der Waals surface area (Å²) in [5.41, 5.74) is 1.94. The van der Waals surface area contributed by atoms with E-state index >= 15 is 0 Å². The minimum absolute atomic E-state index is 0.0179. The van der Waals surface area contributed by atoms with Crippen LogP contribution in [0.15, 0.2) is 48.5 Å². The summed E-state index contributed by atoms with van der Waals surface area (Å²) in [6.07, 6.45) is -1.04. The summed E-state index contributed by atoms with van der Waals surface area (Å²) in [6.45, 7) is 0. The summed E-state index contributed by atoms with van der Waals surface area (Å²) in [6, 6.07) is 13.2. The molecule has 1 aliphatic carbocycles. The van der Waals surface area contributed by atoms with E-state index in [1.54, 1.807) is 8.96 Å². The smallest absolute Gasteiger partial charge is 0.323 e. The van der Waals surface area contributed by atoms with Gasteiger partial charge in [-0.1, -0.05) is 30.3 Å². The molecule has 0 saturated carbocycles. The normalized spacial score (nSPS) is 13.9.